The van der Waals surface area contributed by atoms with E-state index in [0.717, 1.165) is 107 Å². The Kier molecular flexibility index (Phi) is 11.7. The second-order valence-corrected chi connectivity index (χ2v) is 18.8. The van der Waals surface area contributed by atoms with E-state index in [1.807, 2.05) is 36.4 Å². The zero-order valence-electron chi connectivity index (χ0n) is 42.3. The summed E-state index contributed by atoms with van der Waals surface area (Å²) in [7, 11) is 5.12. The van der Waals surface area contributed by atoms with Crippen LogP contribution >= 0.6 is 0 Å². The molecule has 0 atom stereocenters. The van der Waals surface area contributed by atoms with E-state index in [0.29, 0.717) is 0 Å². The van der Waals surface area contributed by atoms with Gasteiger partial charge in [-0.2, -0.15) is 0 Å². The van der Waals surface area contributed by atoms with Gasteiger partial charge in [-0.25, -0.2) is 0 Å². The maximum atomic E-state index is 5.66. The smallest absolute Gasteiger partial charge is 0.119 e. The van der Waals surface area contributed by atoms with E-state index in [1.54, 1.807) is 21.3 Å². The predicted octanol–water partition coefficient (Wildman–Crippen LogP) is 18.7. The van der Waals surface area contributed by atoms with E-state index in [9.17, 15) is 0 Å². The standard InChI is InChI=1S/C69H52N4O3/c1-74-57-37-29-51(30-38-57)70(65-22-10-16-47-13-4-7-19-60(47)65)50-25-27-54(28-26-50)73-68-43-35-55(71(52-31-39-58(75-2)40-32-52)66-23-11-17-48-14-5-8-20-61(48)66)45-63(68)64-46-56(36-44-69(64)73)72(53-33-41-59(76-3)42-34-53)67-24-12-18-49-15-6-9-21-62(49)67/h4-46H,1-3H3. The average Bonchev–Trinajstić information content (AvgIpc) is 3.91. The molecule has 76 heavy (non-hydrogen) atoms. The van der Waals surface area contributed by atoms with Gasteiger partial charge in [-0.15, -0.1) is 0 Å². The van der Waals surface area contributed by atoms with E-state index in [4.69, 9.17) is 14.2 Å². The molecule has 0 amide bonds. The van der Waals surface area contributed by atoms with Crippen LogP contribution in [0.25, 0.3) is 59.8 Å². The van der Waals surface area contributed by atoms with Crippen LogP contribution < -0.4 is 28.9 Å². The van der Waals surface area contributed by atoms with Gasteiger partial charge >= 0.3 is 0 Å². The van der Waals surface area contributed by atoms with Crippen LogP contribution in [0.4, 0.5) is 51.2 Å². The van der Waals surface area contributed by atoms with E-state index < -0.39 is 0 Å². The van der Waals surface area contributed by atoms with Crippen LogP contribution in [-0.2, 0) is 0 Å². The highest BCUT2D eigenvalue weighted by Gasteiger charge is 2.23. The minimum atomic E-state index is 0.801. The van der Waals surface area contributed by atoms with Crippen molar-refractivity contribution in [2.45, 2.75) is 0 Å². The molecule has 1 aromatic heterocycles. The highest BCUT2D eigenvalue weighted by Crippen LogP contribution is 2.46. The lowest BCUT2D eigenvalue weighted by Gasteiger charge is -2.27. The number of ether oxygens (including phenoxy) is 3. The Hall–Kier alpha value is -9.98. The Bertz CT molecular complexity index is 4040. The summed E-state index contributed by atoms with van der Waals surface area (Å²) in [6.07, 6.45) is 0. The van der Waals surface area contributed by atoms with Crippen molar-refractivity contribution >= 4 is 105 Å². The van der Waals surface area contributed by atoms with Crippen LogP contribution in [0.3, 0.4) is 0 Å². The molecule has 0 radical (unpaired) electrons. The molecule has 12 aromatic carbocycles. The van der Waals surface area contributed by atoms with E-state index in [-0.39, 0.29) is 0 Å². The number of anilines is 9. The zero-order valence-corrected chi connectivity index (χ0v) is 42.3. The predicted molar refractivity (Wildman–Crippen MR) is 317 cm³/mol. The molecule has 0 N–H and O–H groups in total. The van der Waals surface area contributed by atoms with Gasteiger partial charge < -0.3 is 33.5 Å². The zero-order chi connectivity index (χ0) is 51.1. The summed E-state index contributed by atoms with van der Waals surface area (Å²) in [5.41, 5.74) is 12.6. The number of benzene rings is 12. The largest absolute Gasteiger partial charge is 0.497 e. The quantitative estimate of drug-likeness (QED) is 0.115. The summed E-state index contributed by atoms with van der Waals surface area (Å²) in [5.74, 6) is 2.41. The first kappa shape index (κ1) is 45.9. The third-order valence-corrected chi connectivity index (χ3v) is 14.6. The second kappa shape index (κ2) is 19.5. The molecule has 0 aliphatic heterocycles. The van der Waals surface area contributed by atoms with Crippen molar-refractivity contribution < 1.29 is 14.2 Å². The molecule has 0 aliphatic carbocycles. The number of aromatic nitrogens is 1. The summed E-state index contributed by atoms with van der Waals surface area (Å²) in [6.45, 7) is 0. The summed E-state index contributed by atoms with van der Waals surface area (Å²) >= 11 is 0. The molecule has 1 heterocycles. The van der Waals surface area contributed by atoms with Crippen molar-refractivity contribution in [3.05, 3.63) is 261 Å². The van der Waals surface area contributed by atoms with Gasteiger partial charge in [0, 0.05) is 66.7 Å². The first-order chi connectivity index (χ1) is 37.5. The van der Waals surface area contributed by atoms with Crippen molar-refractivity contribution in [3.63, 3.8) is 0 Å². The summed E-state index contributed by atoms with van der Waals surface area (Å²) in [5, 5.41) is 9.21. The molecule has 0 bridgehead atoms. The van der Waals surface area contributed by atoms with Crippen LogP contribution in [-0.4, -0.2) is 25.9 Å². The molecule has 366 valence electrons. The third-order valence-electron chi connectivity index (χ3n) is 14.6. The normalized spacial score (nSPS) is 11.4. The molecule has 0 saturated carbocycles. The van der Waals surface area contributed by atoms with Gasteiger partial charge in [0.15, 0.2) is 0 Å². The van der Waals surface area contributed by atoms with Gasteiger partial charge in [0.05, 0.1) is 49.4 Å². The Morgan fingerprint density at radius 2 is 0.553 bits per heavy atom. The number of rotatable bonds is 13. The molecule has 13 rings (SSSR count). The molecule has 7 nitrogen and oxygen atoms in total. The Morgan fingerprint density at radius 3 is 0.895 bits per heavy atom. The lowest BCUT2D eigenvalue weighted by molar-refractivity contribution is 0.414. The maximum Gasteiger partial charge on any atom is 0.119 e. The fourth-order valence-corrected chi connectivity index (χ4v) is 11.0. The number of methoxy groups -OCH3 is 3. The SMILES string of the molecule is COc1ccc(N(c2ccc(-n3c4ccc(N(c5ccc(OC)cc5)c5cccc6ccccc56)cc4c4cc(N(c5ccc(OC)cc5)c5cccc6ccccc56)ccc43)cc2)c2cccc3ccccc23)cc1. The highest BCUT2D eigenvalue weighted by atomic mass is 16.5. The van der Waals surface area contributed by atoms with E-state index >= 15 is 0 Å². The lowest BCUT2D eigenvalue weighted by Crippen LogP contribution is -2.11. The monoisotopic (exact) mass is 984 g/mol. The Labute approximate surface area is 441 Å². The van der Waals surface area contributed by atoms with Crippen molar-refractivity contribution in [2.75, 3.05) is 36.0 Å². The van der Waals surface area contributed by atoms with Gasteiger partial charge in [-0.05, 0) is 168 Å². The molecule has 0 spiro atoms. The van der Waals surface area contributed by atoms with Crippen LogP contribution in [0, 0.1) is 0 Å². The molecular formula is C69H52N4O3. The molecule has 0 fully saturated rings. The van der Waals surface area contributed by atoms with Crippen molar-refractivity contribution in [1.82, 2.24) is 4.57 Å². The highest BCUT2D eigenvalue weighted by molar-refractivity contribution is 6.13. The minimum Gasteiger partial charge on any atom is -0.497 e. The molecule has 0 saturated heterocycles. The minimum absolute atomic E-state index is 0.801. The van der Waals surface area contributed by atoms with Crippen LogP contribution in [0.15, 0.2) is 261 Å². The Morgan fingerprint density at radius 1 is 0.263 bits per heavy atom. The summed E-state index contributed by atoms with van der Waals surface area (Å²) < 4.78 is 19.3. The van der Waals surface area contributed by atoms with E-state index in [2.05, 4.69) is 244 Å². The molecule has 0 unspecified atom stereocenters. The van der Waals surface area contributed by atoms with Crippen molar-refractivity contribution in [3.8, 4) is 22.9 Å². The molecule has 13 aromatic rings. The first-order valence-corrected chi connectivity index (χ1v) is 25.5. The van der Waals surface area contributed by atoms with Gasteiger partial charge in [0.2, 0.25) is 0 Å². The van der Waals surface area contributed by atoms with Crippen LogP contribution in [0.2, 0.25) is 0 Å². The molecule has 0 aliphatic rings. The maximum absolute atomic E-state index is 5.66. The third kappa shape index (κ3) is 8.11. The van der Waals surface area contributed by atoms with Gasteiger partial charge in [-0.1, -0.05) is 109 Å². The first-order valence-electron chi connectivity index (χ1n) is 25.5. The number of nitrogens with zero attached hydrogens (tertiary/aromatic N) is 4. The van der Waals surface area contributed by atoms with Crippen LogP contribution in [0.1, 0.15) is 0 Å². The average molecular weight is 985 g/mol. The topological polar surface area (TPSA) is 42.3 Å². The van der Waals surface area contributed by atoms with Gasteiger partial charge in [0.25, 0.3) is 0 Å². The Balaban J connectivity index is 1.03. The fraction of sp³-hybridized carbons (Fsp3) is 0.0435. The number of hydrogen-bond acceptors (Lipinski definition) is 6. The summed E-state index contributed by atoms with van der Waals surface area (Å²) in [6, 6.07) is 93.1. The number of hydrogen-bond donors (Lipinski definition) is 0. The van der Waals surface area contributed by atoms with Crippen molar-refractivity contribution in [1.29, 1.82) is 0 Å². The van der Waals surface area contributed by atoms with Gasteiger partial charge in [0.1, 0.15) is 17.2 Å². The lowest BCUT2D eigenvalue weighted by atomic mass is 10.0. The van der Waals surface area contributed by atoms with Crippen LogP contribution in [0.5, 0.6) is 17.2 Å². The van der Waals surface area contributed by atoms with Gasteiger partial charge in [-0.3, -0.25) is 0 Å². The summed E-state index contributed by atoms with van der Waals surface area (Å²) in [4.78, 5) is 7.06. The van der Waals surface area contributed by atoms with Crippen molar-refractivity contribution in [2.24, 2.45) is 0 Å². The second-order valence-electron chi connectivity index (χ2n) is 18.8. The fourth-order valence-electron chi connectivity index (χ4n) is 11.0. The molecule has 7 heteroatoms. The molecular weight excluding hydrogens is 933 g/mol. The number of fused-ring (bicyclic) bond motifs is 6. The van der Waals surface area contributed by atoms with E-state index in [1.165, 1.54) is 21.5 Å².